The van der Waals surface area contributed by atoms with E-state index in [-0.39, 0.29) is 0 Å². The van der Waals surface area contributed by atoms with Crippen molar-refractivity contribution in [1.82, 2.24) is 13.7 Å². The van der Waals surface area contributed by atoms with Crippen molar-refractivity contribution in [3.05, 3.63) is 224 Å². The van der Waals surface area contributed by atoms with Gasteiger partial charge in [0.2, 0.25) is 0 Å². The molecule has 3 heterocycles. The fourth-order valence-electron chi connectivity index (χ4n) is 10.1. The van der Waals surface area contributed by atoms with E-state index in [4.69, 9.17) is 0 Å². The smallest absolute Gasteiger partial charge is 0.180 e. The van der Waals surface area contributed by atoms with E-state index >= 15 is 0 Å². The van der Waals surface area contributed by atoms with Crippen LogP contribution in [0.1, 0.15) is 0 Å². The van der Waals surface area contributed by atoms with Crippen molar-refractivity contribution < 1.29 is 0 Å². The third kappa shape index (κ3) is 4.55. The summed E-state index contributed by atoms with van der Waals surface area (Å²) in [5.74, 6) is 0. The number of aromatic nitrogens is 3. The molecule has 58 heavy (non-hydrogen) atoms. The number of rotatable bonds is 7. The third-order valence-electron chi connectivity index (χ3n) is 12.3. The molecule has 9 aromatic carbocycles. The van der Waals surface area contributed by atoms with E-state index in [1.54, 1.807) is 0 Å². The Morgan fingerprint density at radius 2 is 0.603 bits per heavy atom. The van der Waals surface area contributed by atoms with Crippen LogP contribution in [-0.2, 0) is 0 Å². The first-order chi connectivity index (χ1) is 28.8. The standard InChI is InChI=1S/C54H37N3Si/c1-5-19-38(20-6-1)55-47-31-16-33-49-53(47)54-48(55)32-17-34-50(54)57(49)40-22-15-21-39(37-40)56-45-30-14-13-29-44(45)52-46(56)35-18-36-51(52)58(41-23-7-2-8-24-41,42-25-9-3-10-26-42)43-27-11-4-12-28-43/h1-37H. The average molecular weight is 756 g/mol. The van der Waals surface area contributed by atoms with Crippen LogP contribution < -0.4 is 20.7 Å². The van der Waals surface area contributed by atoms with Gasteiger partial charge in [0.1, 0.15) is 0 Å². The van der Waals surface area contributed by atoms with Crippen LogP contribution in [0.3, 0.4) is 0 Å². The SMILES string of the molecule is c1ccc(-n2c3cccc4c3c3c2cccc3n4-c2cccc(-n3c4ccccc4c4c([Si](c5ccccc5)(c5ccccc5)c5ccccc5)cccc43)c2)cc1. The van der Waals surface area contributed by atoms with Gasteiger partial charge < -0.3 is 13.7 Å². The van der Waals surface area contributed by atoms with Gasteiger partial charge in [0, 0.05) is 38.6 Å². The van der Waals surface area contributed by atoms with Crippen LogP contribution in [0, 0.1) is 0 Å². The number of fused-ring (bicyclic) bond motifs is 3. The van der Waals surface area contributed by atoms with Gasteiger partial charge in [0.25, 0.3) is 0 Å². The Balaban J connectivity index is 1.13. The summed E-state index contributed by atoms with van der Waals surface area (Å²) >= 11 is 0. The Hall–Kier alpha value is -7.40. The highest BCUT2D eigenvalue weighted by Crippen LogP contribution is 2.42. The maximum absolute atomic E-state index is 2.84. The second-order valence-electron chi connectivity index (χ2n) is 15.3. The lowest BCUT2D eigenvalue weighted by Gasteiger charge is -2.35. The van der Waals surface area contributed by atoms with Crippen LogP contribution in [0.2, 0.25) is 0 Å². The number of hydrogen-bond acceptors (Lipinski definition) is 0. The molecule has 0 N–H and O–H groups in total. The van der Waals surface area contributed by atoms with Gasteiger partial charge in [-0.25, -0.2) is 0 Å². The first kappa shape index (κ1) is 32.8. The molecule has 0 bridgehead atoms. The van der Waals surface area contributed by atoms with Crippen LogP contribution in [0.15, 0.2) is 224 Å². The fraction of sp³-hybridized carbons (Fsp3) is 0. The molecule has 0 unspecified atom stereocenters. The lowest BCUT2D eigenvalue weighted by molar-refractivity contribution is 1.13. The number of nitrogens with zero attached hydrogens (tertiary/aromatic N) is 3. The maximum Gasteiger partial charge on any atom is 0.180 e. The predicted octanol–water partition coefficient (Wildman–Crippen LogP) is 10.6. The van der Waals surface area contributed by atoms with E-state index in [0.717, 1.165) is 11.4 Å². The molecular weight excluding hydrogens is 719 g/mol. The van der Waals surface area contributed by atoms with Gasteiger partial charge in [-0.05, 0) is 87.5 Å². The fourth-order valence-corrected chi connectivity index (χ4v) is 15.1. The molecule has 0 fully saturated rings. The van der Waals surface area contributed by atoms with E-state index in [1.807, 2.05) is 0 Å². The van der Waals surface area contributed by atoms with Gasteiger partial charge in [0.05, 0.1) is 33.1 Å². The van der Waals surface area contributed by atoms with Crippen LogP contribution in [-0.4, -0.2) is 21.8 Å². The van der Waals surface area contributed by atoms with E-state index in [1.165, 1.54) is 81.1 Å². The highest BCUT2D eigenvalue weighted by atomic mass is 28.3. The molecule has 0 saturated heterocycles. The van der Waals surface area contributed by atoms with E-state index < -0.39 is 8.07 Å². The normalized spacial score (nSPS) is 12.1. The first-order valence-electron chi connectivity index (χ1n) is 20.0. The summed E-state index contributed by atoms with van der Waals surface area (Å²) in [6.07, 6.45) is 0. The third-order valence-corrected chi connectivity index (χ3v) is 17.2. The van der Waals surface area contributed by atoms with Crippen molar-refractivity contribution in [3.63, 3.8) is 0 Å². The summed E-state index contributed by atoms with van der Waals surface area (Å²) in [4.78, 5) is 0. The number of benzene rings is 9. The highest BCUT2D eigenvalue weighted by Gasteiger charge is 2.43. The Morgan fingerprint density at radius 1 is 0.259 bits per heavy atom. The Kier molecular flexibility index (Phi) is 7.25. The van der Waals surface area contributed by atoms with E-state index in [9.17, 15) is 0 Å². The second kappa shape index (κ2) is 12.8. The monoisotopic (exact) mass is 755 g/mol. The summed E-state index contributed by atoms with van der Waals surface area (Å²) in [5, 5.41) is 10.7. The molecule has 0 amide bonds. The maximum atomic E-state index is 2.49. The van der Waals surface area contributed by atoms with Gasteiger partial charge in [-0.3, -0.25) is 0 Å². The molecule has 3 aromatic heterocycles. The minimum atomic E-state index is -2.84. The summed E-state index contributed by atoms with van der Waals surface area (Å²) in [6, 6.07) is 83.1. The zero-order valence-electron chi connectivity index (χ0n) is 31.7. The summed E-state index contributed by atoms with van der Waals surface area (Å²) in [6.45, 7) is 0. The van der Waals surface area contributed by atoms with Gasteiger partial charge in [-0.2, -0.15) is 0 Å². The lowest BCUT2D eigenvalue weighted by atomic mass is 10.1. The molecule has 0 saturated carbocycles. The van der Waals surface area contributed by atoms with E-state index in [0.29, 0.717) is 0 Å². The Bertz CT molecular complexity index is 3270. The van der Waals surface area contributed by atoms with Crippen molar-refractivity contribution in [1.29, 1.82) is 0 Å². The van der Waals surface area contributed by atoms with Crippen LogP contribution >= 0.6 is 0 Å². The summed E-state index contributed by atoms with van der Waals surface area (Å²) in [5.41, 5.74) is 10.7. The number of para-hydroxylation sites is 2. The van der Waals surface area contributed by atoms with Gasteiger partial charge in [-0.15, -0.1) is 0 Å². The Labute approximate surface area is 337 Å². The molecule has 0 spiro atoms. The van der Waals surface area contributed by atoms with Crippen molar-refractivity contribution in [3.8, 4) is 17.1 Å². The minimum Gasteiger partial charge on any atom is -0.309 e. The second-order valence-corrected chi connectivity index (χ2v) is 19.0. The first-order valence-corrected chi connectivity index (χ1v) is 22.0. The summed E-state index contributed by atoms with van der Waals surface area (Å²) < 4.78 is 7.36. The quantitative estimate of drug-likeness (QED) is 0.114. The van der Waals surface area contributed by atoms with Crippen molar-refractivity contribution in [2.45, 2.75) is 0 Å². The van der Waals surface area contributed by atoms with Gasteiger partial charge in [0.15, 0.2) is 8.07 Å². The number of hydrogen-bond donors (Lipinski definition) is 0. The van der Waals surface area contributed by atoms with Gasteiger partial charge >= 0.3 is 0 Å². The topological polar surface area (TPSA) is 14.8 Å². The molecule has 0 aliphatic rings. The molecule has 272 valence electrons. The largest absolute Gasteiger partial charge is 0.309 e. The molecule has 12 aromatic rings. The highest BCUT2D eigenvalue weighted by molar-refractivity contribution is 7.20. The Morgan fingerprint density at radius 3 is 1.12 bits per heavy atom. The lowest BCUT2D eigenvalue weighted by Crippen LogP contribution is -2.74. The zero-order valence-corrected chi connectivity index (χ0v) is 32.7. The summed E-state index contributed by atoms with van der Waals surface area (Å²) in [7, 11) is -2.84. The molecular formula is C54H37N3Si. The molecule has 0 aliphatic carbocycles. The average Bonchev–Trinajstić information content (AvgIpc) is 3.95. The van der Waals surface area contributed by atoms with Gasteiger partial charge in [-0.1, -0.05) is 158 Å². The molecule has 0 aliphatic heterocycles. The van der Waals surface area contributed by atoms with Crippen molar-refractivity contribution >= 4 is 83.5 Å². The van der Waals surface area contributed by atoms with Crippen molar-refractivity contribution in [2.75, 3.05) is 0 Å². The molecule has 4 heteroatoms. The van der Waals surface area contributed by atoms with Crippen LogP contribution in [0.5, 0.6) is 0 Å². The molecule has 0 radical (unpaired) electrons. The zero-order chi connectivity index (χ0) is 38.2. The molecule has 12 rings (SSSR count). The predicted molar refractivity (Wildman–Crippen MR) is 247 cm³/mol. The molecule has 0 atom stereocenters. The van der Waals surface area contributed by atoms with Crippen molar-refractivity contribution in [2.24, 2.45) is 0 Å². The van der Waals surface area contributed by atoms with Crippen LogP contribution in [0.4, 0.5) is 0 Å². The van der Waals surface area contributed by atoms with E-state index in [2.05, 4.69) is 238 Å². The van der Waals surface area contributed by atoms with Crippen LogP contribution in [0.25, 0.3) is 71.7 Å². The minimum absolute atomic E-state index is 1.14. The molecule has 3 nitrogen and oxygen atoms in total.